The largest absolute Gasteiger partial charge is 0.353 e. The molecular formula is C18H32ClN3O2. The molecule has 3 fully saturated rings. The molecule has 2 bridgehead atoms. The summed E-state index contributed by atoms with van der Waals surface area (Å²) < 4.78 is 0. The Hall–Kier alpha value is -0.810. The van der Waals surface area contributed by atoms with Crippen LogP contribution in [0.1, 0.15) is 64.7 Å². The first-order valence-electron chi connectivity index (χ1n) is 9.46. The highest BCUT2D eigenvalue weighted by atomic mass is 35.5. The molecule has 138 valence electrons. The van der Waals surface area contributed by atoms with Gasteiger partial charge in [-0.2, -0.15) is 0 Å². The quantitative estimate of drug-likeness (QED) is 0.811. The van der Waals surface area contributed by atoms with Crippen molar-refractivity contribution in [2.24, 2.45) is 5.92 Å². The Morgan fingerprint density at radius 1 is 1.08 bits per heavy atom. The number of hydrogen-bond donors (Lipinski definition) is 2. The predicted molar refractivity (Wildman–Crippen MR) is 97.2 cm³/mol. The molecule has 0 radical (unpaired) electrons. The van der Waals surface area contributed by atoms with Gasteiger partial charge in [-0.25, -0.2) is 0 Å². The van der Waals surface area contributed by atoms with Crippen LogP contribution in [-0.2, 0) is 9.59 Å². The molecule has 6 heteroatoms. The first kappa shape index (κ1) is 19.5. The maximum atomic E-state index is 12.5. The number of nitrogens with one attached hydrogen (secondary N) is 2. The minimum atomic E-state index is -0.0645. The topological polar surface area (TPSA) is 61.4 Å². The van der Waals surface area contributed by atoms with Crippen molar-refractivity contribution in [3.63, 3.8) is 0 Å². The first-order valence-corrected chi connectivity index (χ1v) is 9.46. The van der Waals surface area contributed by atoms with Crippen LogP contribution in [0.3, 0.4) is 0 Å². The lowest BCUT2D eigenvalue weighted by atomic mass is 9.88. The average Bonchev–Trinajstić information content (AvgIpc) is 2.86. The van der Waals surface area contributed by atoms with E-state index in [4.69, 9.17) is 0 Å². The van der Waals surface area contributed by atoms with Gasteiger partial charge in [0.25, 0.3) is 0 Å². The predicted octanol–water partition coefficient (Wildman–Crippen LogP) is 2.24. The summed E-state index contributed by atoms with van der Waals surface area (Å²) in [5.41, 5.74) is 0. The van der Waals surface area contributed by atoms with E-state index < -0.39 is 0 Å². The van der Waals surface area contributed by atoms with Crippen LogP contribution in [-0.4, -0.2) is 47.9 Å². The fourth-order valence-corrected chi connectivity index (χ4v) is 4.34. The van der Waals surface area contributed by atoms with E-state index >= 15 is 0 Å². The zero-order valence-corrected chi connectivity index (χ0v) is 15.6. The van der Waals surface area contributed by atoms with Crippen molar-refractivity contribution in [1.82, 2.24) is 15.5 Å². The number of rotatable bonds is 4. The lowest BCUT2D eigenvalue weighted by Crippen LogP contribution is -2.44. The lowest BCUT2D eigenvalue weighted by Gasteiger charge is -2.27. The third-order valence-corrected chi connectivity index (χ3v) is 5.72. The minimum absolute atomic E-state index is 0. The molecule has 3 unspecified atom stereocenters. The number of nitrogens with zero attached hydrogens (tertiary/aromatic N) is 1. The SMILES string of the molecule is CC(CC(=O)N1CCC2CCC(C1)N2)NC(=O)C1CCCCC1.Cl. The molecule has 3 rings (SSSR count). The third-order valence-electron chi connectivity index (χ3n) is 5.72. The second-order valence-electron chi connectivity index (χ2n) is 7.71. The Labute approximate surface area is 151 Å². The molecule has 3 aliphatic rings. The maximum Gasteiger partial charge on any atom is 0.224 e. The van der Waals surface area contributed by atoms with Crippen molar-refractivity contribution in [3.05, 3.63) is 0 Å². The van der Waals surface area contributed by atoms with Gasteiger partial charge in [0, 0.05) is 43.6 Å². The molecule has 2 heterocycles. The molecule has 0 aromatic rings. The van der Waals surface area contributed by atoms with Gasteiger partial charge in [-0.05, 0) is 39.0 Å². The summed E-state index contributed by atoms with van der Waals surface area (Å²) in [7, 11) is 0. The van der Waals surface area contributed by atoms with Crippen LogP contribution in [0.4, 0.5) is 0 Å². The molecular weight excluding hydrogens is 326 g/mol. The molecule has 1 aliphatic carbocycles. The molecule has 2 N–H and O–H groups in total. The van der Waals surface area contributed by atoms with E-state index in [1.54, 1.807) is 0 Å². The van der Waals surface area contributed by atoms with Gasteiger partial charge in [0.05, 0.1) is 0 Å². The van der Waals surface area contributed by atoms with Gasteiger partial charge in [-0.15, -0.1) is 12.4 Å². The van der Waals surface area contributed by atoms with Gasteiger partial charge in [0.2, 0.25) is 11.8 Å². The van der Waals surface area contributed by atoms with Gasteiger partial charge in [0.15, 0.2) is 0 Å². The smallest absolute Gasteiger partial charge is 0.224 e. The van der Waals surface area contributed by atoms with E-state index in [0.29, 0.717) is 18.5 Å². The molecule has 1 saturated carbocycles. The molecule has 2 saturated heterocycles. The van der Waals surface area contributed by atoms with Gasteiger partial charge < -0.3 is 15.5 Å². The Balaban J connectivity index is 0.00000208. The zero-order chi connectivity index (χ0) is 16.2. The monoisotopic (exact) mass is 357 g/mol. The van der Waals surface area contributed by atoms with E-state index in [-0.39, 0.29) is 36.2 Å². The van der Waals surface area contributed by atoms with Crippen LogP contribution >= 0.6 is 12.4 Å². The number of carbonyl (C=O) groups is 2. The van der Waals surface area contributed by atoms with Crippen molar-refractivity contribution < 1.29 is 9.59 Å². The molecule has 0 aromatic heterocycles. The van der Waals surface area contributed by atoms with E-state index in [0.717, 1.165) is 45.2 Å². The highest BCUT2D eigenvalue weighted by molar-refractivity contribution is 5.85. The lowest BCUT2D eigenvalue weighted by molar-refractivity contribution is -0.132. The number of halogens is 1. The summed E-state index contributed by atoms with van der Waals surface area (Å²) in [6.07, 6.45) is 9.51. The van der Waals surface area contributed by atoms with Crippen molar-refractivity contribution in [1.29, 1.82) is 0 Å². The normalized spacial score (nSPS) is 28.6. The van der Waals surface area contributed by atoms with E-state index in [1.165, 1.54) is 19.3 Å². The van der Waals surface area contributed by atoms with E-state index in [1.807, 2.05) is 11.8 Å². The van der Waals surface area contributed by atoms with Gasteiger partial charge in [-0.3, -0.25) is 9.59 Å². The summed E-state index contributed by atoms with van der Waals surface area (Å²) in [6, 6.07) is 1.00. The highest BCUT2D eigenvalue weighted by Gasteiger charge is 2.31. The Morgan fingerprint density at radius 2 is 1.79 bits per heavy atom. The van der Waals surface area contributed by atoms with Crippen LogP contribution in [0, 0.1) is 5.92 Å². The third kappa shape index (κ3) is 5.09. The number of likely N-dealkylation sites (tertiary alicyclic amines) is 1. The average molecular weight is 358 g/mol. The summed E-state index contributed by atoms with van der Waals surface area (Å²) in [5.74, 6) is 0.511. The van der Waals surface area contributed by atoms with Crippen LogP contribution in [0.15, 0.2) is 0 Å². The van der Waals surface area contributed by atoms with Crippen molar-refractivity contribution in [3.8, 4) is 0 Å². The molecule has 3 atom stereocenters. The van der Waals surface area contributed by atoms with Gasteiger partial charge in [-0.1, -0.05) is 19.3 Å². The van der Waals surface area contributed by atoms with Gasteiger partial charge in [0.1, 0.15) is 0 Å². The number of fused-ring (bicyclic) bond motifs is 2. The zero-order valence-electron chi connectivity index (χ0n) is 14.8. The summed E-state index contributed by atoms with van der Waals surface area (Å²) in [6.45, 7) is 3.65. The molecule has 0 aromatic carbocycles. The van der Waals surface area contributed by atoms with Crippen molar-refractivity contribution in [2.75, 3.05) is 13.1 Å². The Morgan fingerprint density at radius 3 is 2.54 bits per heavy atom. The summed E-state index contributed by atoms with van der Waals surface area (Å²) in [5, 5.41) is 6.67. The van der Waals surface area contributed by atoms with Crippen molar-refractivity contribution in [2.45, 2.75) is 82.8 Å². The minimum Gasteiger partial charge on any atom is -0.353 e. The maximum absolute atomic E-state index is 12.5. The summed E-state index contributed by atoms with van der Waals surface area (Å²) in [4.78, 5) is 26.8. The second kappa shape index (κ2) is 9.04. The fourth-order valence-electron chi connectivity index (χ4n) is 4.34. The fraction of sp³-hybridized carbons (Fsp3) is 0.889. The molecule has 2 aliphatic heterocycles. The number of carbonyl (C=O) groups excluding carboxylic acids is 2. The molecule has 5 nitrogen and oxygen atoms in total. The van der Waals surface area contributed by atoms with E-state index in [2.05, 4.69) is 10.6 Å². The van der Waals surface area contributed by atoms with Crippen LogP contribution in [0.2, 0.25) is 0 Å². The Kier molecular flexibility index (Phi) is 7.35. The molecule has 0 spiro atoms. The van der Waals surface area contributed by atoms with Crippen molar-refractivity contribution >= 4 is 24.2 Å². The van der Waals surface area contributed by atoms with Crippen LogP contribution < -0.4 is 10.6 Å². The number of hydrogen-bond acceptors (Lipinski definition) is 3. The van der Waals surface area contributed by atoms with Crippen LogP contribution in [0.5, 0.6) is 0 Å². The molecule has 24 heavy (non-hydrogen) atoms. The number of amides is 2. The highest BCUT2D eigenvalue weighted by Crippen LogP contribution is 2.24. The standard InChI is InChI=1S/C18H31N3O2.ClH/c1-13(19-18(23)14-5-3-2-4-6-14)11-17(22)21-10-9-15-7-8-16(12-21)20-15;/h13-16,20H,2-12H2,1H3,(H,19,23);1H. The Bertz CT molecular complexity index is 440. The molecule has 2 amide bonds. The first-order chi connectivity index (χ1) is 11.1. The second-order valence-corrected chi connectivity index (χ2v) is 7.71. The van der Waals surface area contributed by atoms with Gasteiger partial charge >= 0.3 is 0 Å². The van der Waals surface area contributed by atoms with Crippen LogP contribution in [0.25, 0.3) is 0 Å². The summed E-state index contributed by atoms with van der Waals surface area (Å²) >= 11 is 0. The van der Waals surface area contributed by atoms with E-state index in [9.17, 15) is 9.59 Å².